The van der Waals surface area contributed by atoms with Crippen LogP contribution in [0.4, 0.5) is 11.5 Å². The third-order valence-electron chi connectivity index (χ3n) is 2.41. The molecular formula is C12H12ClN5O3. The van der Waals surface area contributed by atoms with Gasteiger partial charge in [-0.2, -0.15) is 4.98 Å². The van der Waals surface area contributed by atoms with E-state index in [9.17, 15) is 10.1 Å². The molecule has 110 valence electrons. The van der Waals surface area contributed by atoms with E-state index < -0.39 is 4.92 Å². The summed E-state index contributed by atoms with van der Waals surface area (Å²) in [5, 5.41) is 14.4. The fourth-order valence-corrected chi connectivity index (χ4v) is 1.70. The Balaban J connectivity index is 2.36. The number of hydrogen-bond acceptors (Lipinski definition) is 7. The van der Waals surface area contributed by atoms with Crippen LogP contribution in [0.2, 0.25) is 5.02 Å². The van der Waals surface area contributed by atoms with Crippen molar-refractivity contribution in [3.8, 4) is 11.6 Å². The van der Waals surface area contributed by atoms with Crippen LogP contribution in [-0.4, -0.2) is 26.4 Å². The monoisotopic (exact) mass is 309 g/mol. The Hall–Kier alpha value is -2.48. The van der Waals surface area contributed by atoms with Crippen molar-refractivity contribution in [1.82, 2.24) is 15.0 Å². The highest BCUT2D eigenvalue weighted by Crippen LogP contribution is 2.34. The largest absolute Gasteiger partial charge is 0.432 e. The van der Waals surface area contributed by atoms with E-state index >= 15 is 0 Å². The number of aromatic nitrogens is 3. The number of pyridine rings is 1. The van der Waals surface area contributed by atoms with Crippen molar-refractivity contribution in [2.75, 3.05) is 11.9 Å². The maximum Gasteiger partial charge on any atom is 0.373 e. The summed E-state index contributed by atoms with van der Waals surface area (Å²) in [6.07, 6.45) is 4.81. The molecule has 0 unspecified atom stereocenters. The van der Waals surface area contributed by atoms with Gasteiger partial charge in [-0.1, -0.05) is 18.5 Å². The molecule has 9 heteroatoms. The molecule has 0 aliphatic rings. The molecule has 0 bridgehead atoms. The maximum atomic E-state index is 11.2. The topological polar surface area (TPSA) is 103 Å². The zero-order valence-corrected chi connectivity index (χ0v) is 11.9. The lowest BCUT2D eigenvalue weighted by Gasteiger charge is -2.08. The van der Waals surface area contributed by atoms with Gasteiger partial charge in [0.15, 0.2) is 0 Å². The van der Waals surface area contributed by atoms with Gasteiger partial charge in [0, 0.05) is 18.8 Å². The fraction of sp³-hybridized carbons (Fsp3) is 0.250. The van der Waals surface area contributed by atoms with Gasteiger partial charge in [-0.05, 0) is 6.42 Å². The van der Waals surface area contributed by atoms with Crippen LogP contribution >= 0.6 is 11.6 Å². The Bertz CT molecular complexity index is 653. The van der Waals surface area contributed by atoms with Crippen molar-refractivity contribution < 1.29 is 9.66 Å². The number of ether oxygens (including phenoxy) is 1. The second-order valence-corrected chi connectivity index (χ2v) is 4.44. The van der Waals surface area contributed by atoms with Crippen LogP contribution in [0.1, 0.15) is 13.3 Å². The van der Waals surface area contributed by atoms with E-state index in [0.29, 0.717) is 11.6 Å². The van der Waals surface area contributed by atoms with Gasteiger partial charge in [0.25, 0.3) is 0 Å². The van der Waals surface area contributed by atoms with Gasteiger partial charge >= 0.3 is 11.6 Å². The number of hydrogen-bond donors (Lipinski definition) is 1. The minimum atomic E-state index is -0.592. The molecule has 0 spiro atoms. The minimum absolute atomic E-state index is 0.113. The van der Waals surface area contributed by atoms with Crippen LogP contribution in [0.15, 0.2) is 24.8 Å². The fourth-order valence-electron chi connectivity index (χ4n) is 1.53. The summed E-state index contributed by atoms with van der Waals surface area (Å²) in [6, 6.07) is 1.49. The van der Waals surface area contributed by atoms with Gasteiger partial charge in [-0.15, -0.1) is 0 Å². The predicted molar refractivity (Wildman–Crippen MR) is 76.8 cm³/mol. The van der Waals surface area contributed by atoms with Crippen molar-refractivity contribution in [1.29, 1.82) is 0 Å². The smallest absolute Gasteiger partial charge is 0.373 e. The van der Waals surface area contributed by atoms with Crippen molar-refractivity contribution in [2.45, 2.75) is 13.3 Å². The first-order chi connectivity index (χ1) is 10.1. The van der Waals surface area contributed by atoms with Gasteiger partial charge in [-0.25, -0.2) is 4.98 Å². The normalized spacial score (nSPS) is 10.2. The number of anilines is 1. The van der Waals surface area contributed by atoms with E-state index in [4.69, 9.17) is 16.3 Å². The highest BCUT2D eigenvalue weighted by atomic mass is 35.5. The van der Waals surface area contributed by atoms with Gasteiger partial charge in [-0.3, -0.25) is 15.1 Å². The van der Waals surface area contributed by atoms with Crippen LogP contribution in [0, 0.1) is 10.1 Å². The van der Waals surface area contributed by atoms with E-state index in [2.05, 4.69) is 20.3 Å². The van der Waals surface area contributed by atoms with Crippen molar-refractivity contribution in [3.63, 3.8) is 0 Å². The molecule has 2 heterocycles. The first-order valence-corrected chi connectivity index (χ1v) is 6.51. The summed E-state index contributed by atoms with van der Waals surface area (Å²) in [7, 11) is 0. The average molecular weight is 310 g/mol. The molecule has 0 fully saturated rings. The molecule has 1 N–H and O–H groups in total. The van der Waals surface area contributed by atoms with E-state index in [0.717, 1.165) is 6.42 Å². The zero-order chi connectivity index (χ0) is 15.2. The first kappa shape index (κ1) is 14.9. The quantitative estimate of drug-likeness (QED) is 0.646. The van der Waals surface area contributed by atoms with Gasteiger partial charge < -0.3 is 10.1 Å². The Morgan fingerprint density at radius 3 is 2.90 bits per heavy atom. The summed E-state index contributed by atoms with van der Waals surface area (Å²) in [4.78, 5) is 22.2. The van der Waals surface area contributed by atoms with Crippen molar-refractivity contribution >= 4 is 23.1 Å². The Labute approximate surface area is 125 Å². The lowest BCUT2D eigenvalue weighted by atomic mass is 10.4. The number of halogens is 1. The summed E-state index contributed by atoms with van der Waals surface area (Å²) < 4.78 is 5.39. The number of nitro groups is 1. The third kappa shape index (κ3) is 3.76. The molecule has 2 rings (SSSR count). The van der Waals surface area contributed by atoms with Crippen LogP contribution in [0.25, 0.3) is 0 Å². The molecule has 21 heavy (non-hydrogen) atoms. The summed E-state index contributed by atoms with van der Waals surface area (Å²) in [6.45, 7) is 2.49. The number of rotatable bonds is 6. The van der Waals surface area contributed by atoms with E-state index in [-0.39, 0.29) is 23.1 Å². The molecular weight excluding hydrogens is 298 g/mol. The molecule has 0 aliphatic heterocycles. The molecule has 8 nitrogen and oxygen atoms in total. The molecule has 0 saturated heterocycles. The molecule has 0 saturated carbocycles. The molecule has 0 aliphatic carbocycles. The summed E-state index contributed by atoms with van der Waals surface area (Å²) in [5.41, 5.74) is -0.328. The summed E-state index contributed by atoms with van der Waals surface area (Å²) in [5.74, 6) is 0.199. The van der Waals surface area contributed by atoms with Crippen LogP contribution < -0.4 is 10.1 Å². The average Bonchev–Trinajstić information content (AvgIpc) is 2.45. The highest BCUT2D eigenvalue weighted by Gasteiger charge is 2.24. The highest BCUT2D eigenvalue weighted by molar-refractivity contribution is 6.30. The Morgan fingerprint density at radius 2 is 2.24 bits per heavy atom. The minimum Gasteiger partial charge on any atom is -0.432 e. The van der Waals surface area contributed by atoms with Crippen LogP contribution in [-0.2, 0) is 0 Å². The number of nitrogens with zero attached hydrogens (tertiary/aromatic N) is 4. The van der Waals surface area contributed by atoms with E-state index in [1.807, 2.05) is 6.92 Å². The summed E-state index contributed by atoms with van der Waals surface area (Å²) >= 11 is 5.79. The van der Waals surface area contributed by atoms with Crippen LogP contribution in [0.3, 0.4) is 0 Å². The first-order valence-electron chi connectivity index (χ1n) is 6.13. The lowest BCUT2D eigenvalue weighted by molar-refractivity contribution is -0.385. The zero-order valence-electron chi connectivity index (χ0n) is 11.1. The van der Waals surface area contributed by atoms with E-state index in [1.165, 1.54) is 24.8 Å². The maximum absolute atomic E-state index is 11.2. The van der Waals surface area contributed by atoms with Crippen LogP contribution in [0.5, 0.6) is 11.6 Å². The number of nitrogens with one attached hydrogen (secondary N) is 1. The van der Waals surface area contributed by atoms with Crippen molar-refractivity contribution in [3.05, 3.63) is 39.9 Å². The molecule has 0 atom stereocenters. The molecule has 2 aromatic rings. The lowest BCUT2D eigenvalue weighted by Crippen LogP contribution is -2.07. The SMILES string of the molecule is CCCNc1ncnc(Oc2cncc(Cl)c2)c1[N+](=O)[O-]. The van der Waals surface area contributed by atoms with Crippen molar-refractivity contribution in [2.24, 2.45) is 0 Å². The molecule has 0 amide bonds. The predicted octanol–water partition coefficient (Wildman–Crippen LogP) is 3.05. The third-order valence-corrected chi connectivity index (χ3v) is 2.61. The second kappa shape index (κ2) is 6.80. The standard InChI is InChI=1S/C12H12ClN5O3/c1-2-3-15-11-10(18(19)20)12(17-7-16-11)21-9-4-8(13)5-14-6-9/h4-7H,2-3H2,1H3,(H,15,16,17). The Kier molecular flexibility index (Phi) is 4.83. The molecule has 2 aromatic heterocycles. The molecule has 0 aromatic carbocycles. The molecule has 0 radical (unpaired) electrons. The van der Waals surface area contributed by atoms with E-state index in [1.54, 1.807) is 0 Å². The van der Waals surface area contributed by atoms with Gasteiger partial charge in [0.1, 0.15) is 12.1 Å². The van der Waals surface area contributed by atoms with Gasteiger partial charge in [0.2, 0.25) is 5.82 Å². The second-order valence-electron chi connectivity index (χ2n) is 4.00. The Morgan fingerprint density at radius 1 is 1.43 bits per heavy atom. The van der Waals surface area contributed by atoms with Gasteiger partial charge in [0.05, 0.1) is 16.1 Å².